The number of H-pyrrole nitrogens is 1. The second kappa shape index (κ2) is 4.78. The summed E-state index contributed by atoms with van der Waals surface area (Å²) in [7, 11) is 0. The van der Waals surface area contributed by atoms with Crippen LogP contribution < -0.4 is 0 Å². The van der Waals surface area contributed by atoms with Crippen LogP contribution in [0.25, 0.3) is 21.7 Å². The highest BCUT2D eigenvalue weighted by atomic mass is 14.7. The molecule has 0 saturated carbocycles. The van der Waals surface area contributed by atoms with Gasteiger partial charge in [0.25, 0.3) is 0 Å². The summed E-state index contributed by atoms with van der Waals surface area (Å²) in [5.41, 5.74) is 5.30. The SMILES string of the molecule is Cc1ccc(Cc2c[nH]c3ccccc23)c2ccccc12. The molecule has 1 heterocycles. The predicted octanol–water partition coefficient (Wildman–Crippen LogP) is 5.22. The van der Waals surface area contributed by atoms with Gasteiger partial charge < -0.3 is 4.98 Å². The van der Waals surface area contributed by atoms with Crippen molar-refractivity contribution < 1.29 is 0 Å². The maximum Gasteiger partial charge on any atom is 0.0456 e. The van der Waals surface area contributed by atoms with Crippen LogP contribution in [-0.2, 0) is 6.42 Å². The minimum absolute atomic E-state index is 0.963. The normalized spacial score (nSPS) is 11.3. The summed E-state index contributed by atoms with van der Waals surface area (Å²) in [6.07, 6.45) is 3.10. The van der Waals surface area contributed by atoms with Crippen molar-refractivity contribution in [2.24, 2.45) is 0 Å². The molecule has 0 amide bonds. The molecule has 0 aliphatic carbocycles. The summed E-state index contributed by atoms with van der Waals surface area (Å²) >= 11 is 0. The predicted molar refractivity (Wildman–Crippen MR) is 89.8 cm³/mol. The van der Waals surface area contributed by atoms with E-state index in [1.54, 1.807) is 0 Å². The third-order valence-electron chi connectivity index (χ3n) is 4.29. The molecule has 0 spiro atoms. The molecule has 0 unspecified atom stereocenters. The zero-order valence-corrected chi connectivity index (χ0v) is 12.1. The van der Waals surface area contributed by atoms with Crippen LogP contribution in [0.15, 0.2) is 66.9 Å². The number of aromatic amines is 1. The average molecular weight is 271 g/mol. The quantitative estimate of drug-likeness (QED) is 0.514. The van der Waals surface area contributed by atoms with E-state index in [0.29, 0.717) is 0 Å². The molecule has 0 aliphatic rings. The smallest absolute Gasteiger partial charge is 0.0456 e. The summed E-state index contributed by atoms with van der Waals surface area (Å²) in [5, 5.41) is 4.04. The Morgan fingerprint density at radius 2 is 1.43 bits per heavy atom. The van der Waals surface area contributed by atoms with Crippen molar-refractivity contribution in [3.8, 4) is 0 Å². The summed E-state index contributed by atoms with van der Waals surface area (Å²) in [4.78, 5) is 3.37. The molecule has 3 aromatic carbocycles. The number of benzene rings is 3. The van der Waals surface area contributed by atoms with Crippen molar-refractivity contribution in [1.82, 2.24) is 4.98 Å². The first-order valence-corrected chi connectivity index (χ1v) is 7.35. The molecule has 0 radical (unpaired) electrons. The Hall–Kier alpha value is -2.54. The minimum Gasteiger partial charge on any atom is -0.361 e. The molecule has 0 fully saturated rings. The van der Waals surface area contributed by atoms with Crippen molar-refractivity contribution in [2.75, 3.05) is 0 Å². The Morgan fingerprint density at radius 3 is 2.29 bits per heavy atom. The molecule has 1 heteroatoms. The molecule has 0 aliphatic heterocycles. The summed E-state index contributed by atoms with van der Waals surface area (Å²) < 4.78 is 0. The second-order valence-electron chi connectivity index (χ2n) is 5.62. The fourth-order valence-electron chi connectivity index (χ4n) is 3.15. The Morgan fingerprint density at radius 1 is 0.714 bits per heavy atom. The molecule has 102 valence electrons. The molecule has 0 saturated heterocycles. The van der Waals surface area contributed by atoms with E-state index in [-0.39, 0.29) is 0 Å². The number of nitrogens with one attached hydrogen (secondary N) is 1. The number of para-hydroxylation sites is 1. The lowest BCUT2D eigenvalue weighted by Crippen LogP contribution is -1.90. The first-order chi connectivity index (χ1) is 10.3. The van der Waals surface area contributed by atoms with Gasteiger partial charge in [-0.05, 0) is 40.5 Å². The van der Waals surface area contributed by atoms with Crippen LogP contribution in [-0.4, -0.2) is 4.98 Å². The van der Waals surface area contributed by atoms with E-state index in [4.69, 9.17) is 0 Å². The number of hydrogen-bond acceptors (Lipinski definition) is 0. The number of aryl methyl sites for hydroxylation is 1. The van der Waals surface area contributed by atoms with E-state index in [1.807, 2.05) is 0 Å². The van der Waals surface area contributed by atoms with Gasteiger partial charge in [-0.15, -0.1) is 0 Å². The van der Waals surface area contributed by atoms with Gasteiger partial charge in [0.1, 0.15) is 0 Å². The molecule has 4 aromatic rings. The molecule has 4 rings (SSSR count). The standard InChI is InChI=1S/C20H17N/c1-14-10-11-15(18-7-3-2-6-17(14)18)12-16-13-21-20-9-5-4-8-19(16)20/h2-11,13,21H,12H2,1H3. The third kappa shape index (κ3) is 2.02. The molecular weight excluding hydrogens is 254 g/mol. The fraction of sp³-hybridized carbons (Fsp3) is 0.100. The Labute approximate surface area is 124 Å². The van der Waals surface area contributed by atoms with Crippen LogP contribution in [0.4, 0.5) is 0 Å². The molecule has 0 atom stereocenters. The van der Waals surface area contributed by atoms with Crippen molar-refractivity contribution in [1.29, 1.82) is 0 Å². The van der Waals surface area contributed by atoms with Crippen LogP contribution in [0, 0.1) is 6.92 Å². The van der Waals surface area contributed by atoms with Gasteiger partial charge in [-0.3, -0.25) is 0 Å². The molecule has 1 aromatic heterocycles. The van der Waals surface area contributed by atoms with Gasteiger partial charge in [0.15, 0.2) is 0 Å². The van der Waals surface area contributed by atoms with Gasteiger partial charge in [-0.2, -0.15) is 0 Å². The van der Waals surface area contributed by atoms with E-state index in [2.05, 4.69) is 78.8 Å². The molecule has 1 nitrogen and oxygen atoms in total. The van der Waals surface area contributed by atoms with Gasteiger partial charge >= 0.3 is 0 Å². The van der Waals surface area contributed by atoms with Crippen molar-refractivity contribution >= 4 is 21.7 Å². The van der Waals surface area contributed by atoms with Gasteiger partial charge in [0.05, 0.1) is 0 Å². The van der Waals surface area contributed by atoms with E-state index < -0.39 is 0 Å². The summed E-state index contributed by atoms with van der Waals surface area (Å²) in [6, 6.07) is 21.7. The van der Waals surface area contributed by atoms with Gasteiger partial charge in [0, 0.05) is 23.5 Å². The lowest BCUT2D eigenvalue weighted by Gasteiger charge is -2.08. The number of hydrogen-bond donors (Lipinski definition) is 1. The highest BCUT2D eigenvalue weighted by Gasteiger charge is 2.07. The minimum atomic E-state index is 0.963. The topological polar surface area (TPSA) is 15.8 Å². The maximum absolute atomic E-state index is 3.37. The molecule has 0 bridgehead atoms. The van der Waals surface area contributed by atoms with Crippen LogP contribution in [0.2, 0.25) is 0 Å². The van der Waals surface area contributed by atoms with Gasteiger partial charge in [-0.1, -0.05) is 54.6 Å². The van der Waals surface area contributed by atoms with Gasteiger partial charge in [0.2, 0.25) is 0 Å². The van der Waals surface area contributed by atoms with Crippen molar-refractivity contribution in [3.63, 3.8) is 0 Å². The maximum atomic E-state index is 3.37. The lowest BCUT2D eigenvalue weighted by molar-refractivity contribution is 1.22. The van der Waals surface area contributed by atoms with Crippen LogP contribution in [0.5, 0.6) is 0 Å². The fourth-order valence-corrected chi connectivity index (χ4v) is 3.15. The van der Waals surface area contributed by atoms with Crippen LogP contribution in [0.1, 0.15) is 16.7 Å². The molecule has 1 N–H and O–H groups in total. The third-order valence-corrected chi connectivity index (χ3v) is 4.29. The number of aromatic nitrogens is 1. The van der Waals surface area contributed by atoms with Crippen molar-refractivity contribution in [2.45, 2.75) is 13.3 Å². The van der Waals surface area contributed by atoms with Gasteiger partial charge in [-0.25, -0.2) is 0 Å². The highest BCUT2D eigenvalue weighted by molar-refractivity contribution is 5.90. The zero-order valence-electron chi connectivity index (χ0n) is 12.1. The number of fused-ring (bicyclic) bond motifs is 2. The monoisotopic (exact) mass is 271 g/mol. The molecule has 21 heavy (non-hydrogen) atoms. The van der Waals surface area contributed by atoms with Crippen LogP contribution in [0.3, 0.4) is 0 Å². The first kappa shape index (κ1) is 12.2. The van der Waals surface area contributed by atoms with E-state index in [9.17, 15) is 0 Å². The first-order valence-electron chi connectivity index (χ1n) is 7.35. The largest absolute Gasteiger partial charge is 0.361 e. The van der Waals surface area contributed by atoms with E-state index in [0.717, 1.165) is 6.42 Å². The zero-order chi connectivity index (χ0) is 14.2. The summed E-state index contributed by atoms with van der Waals surface area (Å²) in [5.74, 6) is 0. The Kier molecular flexibility index (Phi) is 2.78. The highest BCUT2D eigenvalue weighted by Crippen LogP contribution is 2.27. The van der Waals surface area contributed by atoms with E-state index in [1.165, 1.54) is 38.4 Å². The lowest BCUT2D eigenvalue weighted by atomic mass is 9.96. The van der Waals surface area contributed by atoms with Crippen molar-refractivity contribution in [3.05, 3.63) is 83.6 Å². The number of rotatable bonds is 2. The Balaban J connectivity index is 1.86. The van der Waals surface area contributed by atoms with E-state index >= 15 is 0 Å². The summed E-state index contributed by atoms with van der Waals surface area (Å²) in [6.45, 7) is 2.18. The average Bonchev–Trinajstić information content (AvgIpc) is 2.94. The molecular formula is C20H17N. The second-order valence-corrected chi connectivity index (χ2v) is 5.62. The van der Waals surface area contributed by atoms with Crippen LogP contribution >= 0.6 is 0 Å². The Bertz CT molecular complexity index is 931.